The maximum absolute atomic E-state index is 12.9. The molecule has 15 heavy (non-hydrogen) atoms. The third kappa shape index (κ3) is 4.36. The van der Waals surface area contributed by atoms with E-state index >= 15 is 0 Å². The molecule has 84 valence electrons. The number of halogens is 1. The molecule has 0 aliphatic rings. The van der Waals surface area contributed by atoms with Gasteiger partial charge in [0.15, 0.2) is 0 Å². The fourth-order valence-electron chi connectivity index (χ4n) is 1.44. The monoisotopic (exact) mass is 212 g/mol. The molecule has 1 N–H and O–H groups in total. The van der Waals surface area contributed by atoms with E-state index in [0.29, 0.717) is 6.54 Å². The maximum Gasteiger partial charge on any atom is 0.141 e. The van der Waals surface area contributed by atoms with Crippen molar-refractivity contribution < 1.29 is 9.50 Å². The summed E-state index contributed by atoms with van der Waals surface area (Å²) in [5.74, 6) is -0.300. The topological polar surface area (TPSA) is 36.4 Å². The summed E-state index contributed by atoms with van der Waals surface area (Å²) in [6.45, 7) is 4.63. The Morgan fingerprint density at radius 2 is 2.27 bits per heavy atom. The van der Waals surface area contributed by atoms with E-state index in [1.165, 1.54) is 12.3 Å². The summed E-state index contributed by atoms with van der Waals surface area (Å²) in [4.78, 5) is 5.95. The van der Waals surface area contributed by atoms with Gasteiger partial charge in [0.05, 0.1) is 6.20 Å². The summed E-state index contributed by atoms with van der Waals surface area (Å²) in [6, 6.07) is 1.49. The van der Waals surface area contributed by atoms with Crippen LogP contribution in [0.4, 0.5) is 4.39 Å². The highest BCUT2D eigenvalue weighted by atomic mass is 19.1. The number of hydrogen-bond acceptors (Lipinski definition) is 3. The molecule has 0 aromatic carbocycles. The lowest BCUT2D eigenvalue weighted by atomic mass is 10.2. The maximum atomic E-state index is 12.9. The molecule has 1 aromatic rings. The van der Waals surface area contributed by atoms with Gasteiger partial charge in [-0.25, -0.2) is 4.39 Å². The number of aliphatic hydroxyl groups is 1. The van der Waals surface area contributed by atoms with Gasteiger partial charge in [-0.15, -0.1) is 0 Å². The summed E-state index contributed by atoms with van der Waals surface area (Å²) >= 11 is 0. The highest BCUT2D eigenvalue weighted by molar-refractivity contribution is 5.09. The highest BCUT2D eigenvalue weighted by Gasteiger charge is 2.04. The summed E-state index contributed by atoms with van der Waals surface area (Å²) in [5, 5.41) is 8.72. The van der Waals surface area contributed by atoms with E-state index in [0.717, 1.165) is 25.1 Å². The molecule has 0 atom stereocenters. The van der Waals surface area contributed by atoms with E-state index in [1.807, 2.05) is 6.92 Å². The first kappa shape index (κ1) is 12.1. The van der Waals surface area contributed by atoms with Crippen molar-refractivity contribution in [3.63, 3.8) is 0 Å². The number of aromatic nitrogens is 1. The molecule has 1 heterocycles. The van der Waals surface area contributed by atoms with Crippen molar-refractivity contribution in [2.45, 2.75) is 19.9 Å². The lowest BCUT2D eigenvalue weighted by molar-refractivity contribution is 0.225. The normalized spacial score (nSPS) is 10.9. The molecule has 0 aliphatic heterocycles. The minimum Gasteiger partial charge on any atom is -0.396 e. The summed E-state index contributed by atoms with van der Waals surface area (Å²) in [6.07, 6.45) is 3.62. The second-order valence-electron chi connectivity index (χ2n) is 3.46. The Balaban J connectivity index is 2.50. The summed E-state index contributed by atoms with van der Waals surface area (Å²) in [5.41, 5.74) is 0.870. The van der Waals surface area contributed by atoms with Crippen LogP contribution < -0.4 is 0 Å². The zero-order chi connectivity index (χ0) is 11.1. The zero-order valence-corrected chi connectivity index (χ0v) is 8.99. The van der Waals surface area contributed by atoms with Gasteiger partial charge in [-0.05, 0) is 24.6 Å². The zero-order valence-electron chi connectivity index (χ0n) is 8.99. The molecule has 3 nitrogen and oxygen atoms in total. The predicted molar refractivity (Wildman–Crippen MR) is 56.8 cm³/mol. The fraction of sp³-hybridized carbons (Fsp3) is 0.545. The third-order valence-corrected chi connectivity index (χ3v) is 2.25. The standard InChI is InChI=1S/C11H17FN2O/c1-2-14(4-3-5-15)9-10-6-11(12)8-13-7-10/h6-8,15H,2-5,9H2,1H3. The van der Waals surface area contributed by atoms with Gasteiger partial charge in [0.25, 0.3) is 0 Å². The number of aliphatic hydroxyl groups excluding tert-OH is 1. The quantitative estimate of drug-likeness (QED) is 0.775. The van der Waals surface area contributed by atoms with Gasteiger partial charge in [-0.2, -0.15) is 0 Å². The van der Waals surface area contributed by atoms with Gasteiger partial charge in [0.1, 0.15) is 5.82 Å². The largest absolute Gasteiger partial charge is 0.396 e. The van der Waals surface area contributed by atoms with Crippen LogP contribution in [0.25, 0.3) is 0 Å². The molecule has 0 fully saturated rings. The van der Waals surface area contributed by atoms with E-state index in [1.54, 1.807) is 6.20 Å². The van der Waals surface area contributed by atoms with E-state index < -0.39 is 0 Å². The van der Waals surface area contributed by atoms with Crippen molar-refractivity contribution in [1.29, 1.82) is 0 Å². The second-order valence-corrected chi connectivity index (χ2v) is 3.46. The molecule has 0 spiro atoms. The Bertz CT molecular complexity index is 294. The van der Waals surface area contributed by atoms with Gasteiger partial charge in [-0.1, -0.05) is 6.92 Å². The second kappa shape index (κ2) is 6.48. The summed E-state index contributed by atoms with van der Waals surface area (Å²) < 4.78 is 12.9. The first-order valence-electron chi connectivity index (χ1n) is 5.19. The molecule has 1 aromatic heterocycles. The van der Waals surface area contributed by atoms with Gasteiger partial charge >= 0.3 is 0 Å². The molecular formula is C11H17FN2O. The highest BCUT2D eigenvalue weighted by Crippen LogP contribution is 2.05. The van der Waals surface area contributed by atoms with Crippen LogP contribution in [0.1, 0.15) is 18.9 Å². The van der Waals surface area contributed by atoms with Crippen molar-refractivity contribution >= 4 is 0 Å². The SMILES string of the molecule is CCN(CCCO)Cc1cncc(F)c1. The van der Waals surface area contributed by atoms with Crippen LogP contribution >= 0.6 is 0 Å². The van der Waals surface area contributed by atoms with Crippen LogP contribution in [0.5, 0.6) is 0 Å². The lowest BCUT2D eigenvalue weighted by Gasteiger charge is -2.19. The molecule has 0 aliphatic carbocycles. The molecule has 0 amide bonds. The van der Waals surface area contributed by atoms with E-state index in [4.69, 9.17) is 5.11 Å². The first-order valence-corrected chi connectivity index (χ1v) is 5.19. The smallest absolute Gasteiger partial charge is 0.141 e. The minimum absolute atomic E-state index is 0.192. The Kier molecular flexibility index (Phi) is 5.21. The molecule has 4 heteroatoms. The van der Waals surface area contributed by atoms with Crippen LogP contribution in [-0.2, 0) is 6.54 Å². The van der Waals surface area contributed by atoms with E-state index in [9.17, 15) is 4.39 Å². The average molecular weight is 212 g/mol. The van der Waals surface area contributed by atoms with Crippen molar-refractivity contribution in [3.8, 4) is 0 Å². The van der Waals surface area contributed by atoms with Crippen LogP contribution in [0.3, 0.4) is 0 Å². The molecular weight excluding hydrogens is 195 g/mol. The molecule has 1 rings (SSSR count). The van der Waals surface area contributed by atoms with Gasteiger partial charge in [0.2, 0.25) is 0 Å². The Morgan fingerprint density at radius 3 is 2.87 bits per heavy atom. The minimum atomic E-state index is -0.300. The Labute approximate surface area is 89.6 Å². The average Bonchev–Trinajstić information content (AvgIpc) is 2.24. The number of hydrogen-bond donors (Lipinski definition) is 1. The first-order chi connectivity index (χ1) is 7.26. The molecule has 0 radical (unpaired) electrons. The lowest BCUT2D eigenvalue weighted by Crippen LogP contribution is -2.24. The van der Waals surface area contributed by atoms with Crippen LogP contribution in [-0.4, -0.2) is 34.7 Å². The van der Waals surface area contributed by atoms with Crippen LogP contribution in [0.15, 0.2) is 18.5 Å². The predicted octanol–water partition coefficient (Wildman–Crippen LogP) is 1.43. The van der Waals surface area contributed by atoms with Crippen LogP contribution in [0.2, 0.25) is 0 Å². The fourth-order valence-corrected chi connectivity index (χ4v) is 1.44. The molecule has 0 bridgehead atoms. The number of pyridine rings is 1. The van der Waals surface area contributed by atoms with Crippen LogP contribution in [0, 0.1) is 5.82 Å². The third-order valence-electron chi connectivity index (χ3n) is 2.25. The number of rotatable bonds is 6. The Morgan fingerprint density at radius 1 is 1.47 bits per heavy atom. The van der Waals surface area contributed by atoms with Crippen molar-refractivity contribution in [2.75, 3.05) is 19.7 Å². The van der Waals surface area contributed by atoms with Gasteiger partial charge in [-0.3, -0.25) is 9.88 Å². The molecule has 0 saturated heterocycles. The number of nitrogens with zero attached hydrogens (tertiary/aromatic N) is 2. The van der Waals surface area contributed by atoms with Gasteiger partial charge in [0, 0.05) is 25.9 Å². The van der Waals surface area contributed by atoms with Crippen molar-refractivity contribution in [3.05, 3.63) is 29.8 Å². The van der Waals surface area contributed by atoms with Gasteiger partial charge < -0.3 is 5.11 Å². The molecule has 0 unspecified atom stereocenters. The Hall–Kier alpha value is -1.00. The van der Waals surface area contributed by atoms with E-state index in [2.05, 4.69) is 9.88 Å². The summed E-state index contributed by atoms with van der Waals surface area (Å²) in [7, 11) is 0. The van der Waals surface area contributed by atoms with Crippen molar-refractivity contribution in [2.24, 2.45) is 0 Å². The van der Waals surface area contributed by atoms with E-state index in [-0.39, 0.29) is 12.4 Å². The molecule has 0 saturated carbocycles. The van der Waals surface area contributed by atoms with Crippen molar-refractivity contribution in [1.82, 2.24) is 9.88 Å².